The van der Waals surface area contributed by atoms with E-state index in [-0.39, 0.29) is 11.8 Å². The second kappa shape index (κ2) is 6.77. The zero-order valence-corrected chi connectivity index (χ0v) is 15.0. The number of hydrogen-bond acceptors (Lipinski definition) is 3. The Hall–Kier alpha value is -2.92. The highest BCUT2D eigenvalue weighted by molar-refractivity contribution is 5.96. The van der Waals surface area contributed by atoms with E-state index in [2.05, 4.69) is 52.9 Å². The van der Waals surface area contributed by atoms with Gasteiger partial charge in [0.25, 0.3) is 0 Å². The van der Waals surface area contributed by atoms with Crippen molar-refractivity contribution in [3.8, 4) is 11.3 Å². The maximum Gasteiger partial charge on any atom is 0.234 e. The molecule has 0 bridgehead atoms. The van der Waals surface area contributed by atoms with Crippen LogP contribution < -0.4 is 10.6 Å². The number of carbonyl (C=O) groups excluding carboxylic acids is 1. The summed E-state index contributed by atoms with van der Waals surface area (Å²) in [6.07, 6.45) is 0. The van der Waals surface area contributed by atoms with E-state index in [4.69, 9.17) is 0 Å². The highest BCUT2D eigenvalue weighted by Crippen LogP contribution is 2.27. The number of H-pyrrole nitrogens is 1. The van der Waals surface area contributed by atoms with Gasteiger partial charge in [-0.25, -0.2) is 0 Å². The lowest BCUT2D eigenvalue weighted by Crippen LogP contribution is -2.35. The van der Waals surface area contributed by atoms with Gasteiger partial charge in [-0.2, -0.15) is 5.10 Å². The van der Waals surface area contributed by atoms with Gasteiger partial charge in [0.05, 0.1) is 11.6 Å². The average Bonchev–Trinajstić information content (AvgIpc) is 3.11. The molecule has 0 fully saturated rings. The number of amides is 1. The summed E-state index contributed by atoms with van der Waals surface area (Å²) in [6.45, 7) is 5.62. The fourth-order valence-corrected chi connectivity index (χ4v) is 3.51. The molecule has 26 heavy (non-hydrogen) atoms. The molecule has 3 N–H and O–H groups in total. The summed E-state index contributed by atoms with van der Waals surface area (Å²) in [4.78, 5) is 12.8. The van der Waals surface area contributed by atoms with Crippen molar-refractivity contribution in [3.63, 3.8) is 0 Å². The smallest absolute Gasteiger partial charge is 0.234 e. The first-order valence-corrected chi connectivity index (χ1v) is 8.85. The predicted molar refractivity (Wildman–Crippen MR) is 103 cm³/mol. The lowest BCUT2D eigenvalue weighted by molar-refractivity contribution is -0.117. The van der Waals surface area contributed by atoms with E-state index in [0.717, 1.165) is 23.4 Å². The molecule has 132 valence electrons. The molecule has 2 aromatic carbocycles. The van der Waals surface area contributed by atoms with Crippen molar-refractivity contribution in [1.82, 2.24) is 15.5 Å². The van der Waals surface area contributed by atoms with Crippen LogP contribution >= 0.6 is 0 Å². The number of hydrogen-bond donors (Lipinski definition) is 3. The van der Waals surface area contributed by atoms with Crippen LogP contribution in [0.25, 0.3) is 11.3 Å². The van der Waals surface area contributed by atoms with Gasteiger partial charge in [-0.15, -0.1) is 0 Å². The monoisotopic (exact) mass is 346 g/mol. The van der Waals surface area contributed by atoms with Crippen LogP contribution in [0.5, 0.6) is 0 Å². The molecule has 0 saturated heterocycles. The molecule has 1 aromatic heterocycles. The molecular weight excluding hydrogens is 324 g/mol. The largest absolute Gasteiger partial charge is 0.312 e. The molecule has 5 heteroatoms. The van der Waals surface area contributed by atoms with Crippen LogP contribution in [-0.4, -0.2) is 22.6 Å². The van der Waals surface area contributed by atoms with Crippen molar-refractivity contribution in [1.29, 1.82) is 0 Å². The molecule has 0 radical (unpaired) electrons. The number of benzene rings is 2. The van der Waals surface area contributed by atoms with E-state index >= 15 is 0 Å². The minimum Gasteiger partial charge on any atom is -0.312 e. The van der Waals surface area contributed by atoms with Crippen LogP contribution in [-0.2, 0) is 11.3 Å². The van der Waals surface area contributed by atoms with E-state index in [1.165, 1.54) is 16.7 Å². The van der Waals surface area contributed by atoms with E-state index in [1.807, 2.05) is 30.3 Å². The Morgan fingerprint density at radius 1 is 1.15 bits per heavy atom. The molecule has 1 amide bonds. The third-order valence-electron chi connectivity index (χ3n) is 5.13. The molecule has 1 atom stereocenters. The fraction of sp³-hybridized carbons (Fsp3) is 0.238. The highest BCUT2D eigenvalue weighted by atomic mass is 16.2. The van der Waals surface area contributed by atoms with Gasteiger partial charge in [0.1, 0.15) is 0 Å². The number of fused-ring (bicyclic) bond motifs is 1. The Balaban J connectivity index is 1.55. The van der Waals surface area contributed by atoms with Crippen molar-refractivity contribution in [2.75, 3.05) is 11.9 Å². The summed E-state index contributed by atoms with van der Waals surface area (Å²) in [5.41, 5.74) is 6.71. The van der Waals surface area contributed by atoms with Crippen LogP contribution in [0, 0.1) is 13.8 Å². The molecular formula is C21H22N4O. The van der Waals surface area contributed by atoms with E-state index in [0.29, 0.717) is 12.4 Å². The van der Waals surface area contributed by atoms with Gasteiger partial charge >= 0.3 is 0 Å². The second-order valence-corrected chi connectivity index (χ2v) is 6.79. The van der Waals surface area contributed by atoms with Crippen LogP contribution in [0.3, 0.4) is 0 Å². The zero-order chi connectivity index (χ0) is 18.1. The summed E-state index contributed by atoms with van der Waals surface area (Å²) in [6, 6.07) is 16.2. The second-order valence-electron chi connectivity index (χ2n) is 6.79. The standard InChI is InChI=1S/C21H22N4O/c1-13-6-5-9-16(14(13)2)19-10-20(25-24-19)23-21(26)18-12-22-11-15-7-3-4-8-17(15)18/h3-10,18,22H,11-12H2,1-2H3,(H2,23,24,25,26). The number of anilines is 1. The first kappa shape index (κ1) is 16.5. The maximum atomic E-state index is 12.8. The van der Waals surface area contributed by atoms with Crippen molar-refractivity contribution in [2.24, 2.45) is 0 Å². The number of aromatic nitrogens is 2. The molecule has 1 aliphatic rings. The van der Waals surface area contributed by atoms with Gasteiger partial charge in [-0.05, 0) is 36.1 Å². The zero-order valence-electron chi connectivity index (χ0n) is 15.0. The summed E-state index contributed by atoms with van der Waals surface area (Å²) in [5, 5.41) is 13.6. The SMILES string of the molecule is Cc1cccc(-c2cc(NC(=O)C3CNCc4ccccc43)n[nH]2)c1C. The summed E-state index contributed by atoms with van der Waals surface area (Å²) in [5.74, 6) is 0.304. The summed E-state index contributed by atoms with van der Waals surface area (Å²) >= 11 is 0. The number of nitrogens with one attached hydrogen (secondary N) is 3. The Labute approximate surface area is 152 Å². The Bertz CT molecular complexity index is 960. The molecule has 2 heterocycles. The highest BCUT2D eigenvalue weighted by Gasteiger charge is 2.26. The topological polar surface area (TPSA) is 69.8 Å². The van der Waals surface area contributed by atoms with E-state index < -0.39 is 0 Å². The minimum absolute atomic E-state index is 0.0383. The van der Waals surface area contributed by atoms with Gasteiger partial charge in [0, 0.05) is 24.7 Å². The number of carbonyl (C=O) groups is 1. The van der Waals surface area contributed by atoms with E-state index in [1.54, 1.807) is 0 Å². The maximum absolute atomic E-state index is 12.8. The lowest BCUT2D eigenvalue weighted by Gasteiger charge is -2.25. The van der Waals surface area contributed by atoms with Crippen molar-refractivity contribution in [3.05, 3.63) is 70.8 Å². The van der Waals surface area contributed by atoms with Crippen LogP contribution in [0.15, 0.2) is 48.5 Å². The normalized spacial score (nSPS) is 16.2. The Kier molecular flexibility index (Phi) is 4.31. The third kappa shape index (κ3) is 3.02. The van der Waals surface area contributed by atoms with Crippen molar-refractivity contribution < 1.29 is 4.79 Å². The van der Waals surface area contributed by atoms with Gasteiger partial charge in [0.15, 0.2) is 5.82 Å². The first-order chi connectivity index (χ1) is 12.6. The van der Waals surface area contributed by atoms with Gasteiger partial charge in [0.2, 0.25) is 5.91 Å². The first-order valence-electron chi connectivity index (χ1n) is 8.85. The fourth-order valence-electron chi connectivity index (χ4n) is 3.51. The Morgan fingerprint density at radius 2 is 2.00 bits per heavy atom. The molecule has 0 saturated carbocycles. The number of aryl methyl sites for hydroxylation is 1. The summed E-state index contributed by atoms with van der Waals surface area (Å²) < 4.78 is 0. The van der Waals surface area contributed by atoms with Crippen LogP contribution in [0.2, 0.25) is 0 Å². The third-order valence-corrected chi connectivity index (χ3v) is 5.13. The van der Waals surface area contributed by atoms with Crippen LogP contribution in [0.1, 0.15) is 28.2 Å². The van der Waals surface area contributed by atoms with Gasteiger partial charge in [-0.1, -0.05) is 42.5 Å². The Morgan fingerprint density at radius 3 is 2.88 bits per heavy atom. The number of aromatic amines is 1. The molecule has 3 aromatic rings. The van der Waals surface area contributed by atoms with Gasteiger partial charge in [-0.3, -0.25) is 9.89 Å². The van der Waals surface area contributed by atoms with Crippen molar-refractivity contribution >= 4 is 11.7 Å². The van der Waals surface area contributed by atoms with Gasteiger partial charge < -0.3 is 10.6 Å². The van der Waals surface area contributed by atoms with E-state index in [9.17, 15) is 4.79 Å². The molecule has 1 aliphatic heterocycles. The molecule has 0 aliphatic carbocycles. The number of rotatable bonds is 3. The number of nitrogens with zero attached hydrogens (tertiary/aromatic N) is 1. The predicted octanol–water partition coefficient (Wildman–Crippen LogP) is 3.52. The molecule has 5 nitrogen and oxygen atoms in total. The van der Waals surface area contributed by atoms with Crippen molar-refractivity contribution in [2.45, 2.75) is 26.3 Å². The quantitative estimate of drug-likeness (QED) is 0.680. The molecule has 0 spiro atoms. The summed E-state index contributed by atoms with van der Waals surface area (Å²) in [7, 11) is 0. The van der Waals surface area contributed by atoms with Crippen LogP contribution in [0.4, 0.5) is 5.82 Å². The lowest BCUT2D eigenvalue weighted by atomic mass is 9.90. The minimum atomic E-state index is -0.208. The molecule has 4 rings (SSSR count). The molecule has 1 unspecified atom stereocenters. The average molecular weight is 346 g/mol.